The van der Waals surface area contributed by atoms with Crippen molar-refractivity contribution in [1.29, 1.82) is 0 Å². The fraction of sp³-hybridized carbons (Fsp3) is 0.333. The minimum atomic E-state index is -3.38. The van der Waals surface area contributed by atoms with Gasteiger partial charge in [-0.3, -0.25) is 4.31 Å². The molecule has 1 fully saturated rings. The SMILES string of the molecule is Cc1ccc(N(C)S(C)(=O)=O)c(Cn2ccc3cnc(Nc4ccc(N5CCN[C@@H](C)C5)cc4)nc32)c1. The van der Waals surface area contributed by atoms with Crippen LogP contribution in [0.5, 0.6) is 0 Å². The molecule has 0 bridgehead atoms. The fourth-order valence-electron chi connectivity index (χ4n) is 4.72. The van der Waals surface area contributed by atoms with Gasteiger partial charge in [0.25, 0.3) is 0 Å². The molecule has 2 aromatic heterocycles. The Morgan fingerprint density at radius 2 is 1.95 bits per heavy atom. The molecule has 5 rings (SSSR count). The summed E-state index contributed by atoms with van der Waals surface area (Å²) in [6, 6.07) is 16.6. The molecule has 2 aromatic carbocycles. The van der Waals surface area contributed by atoms with Crippen molar-refractivity contribution in [3.63, 3.8) is 0 Å². The Balaban J connectivity index is 1.38. The molecule has 4 aromatic rings. The van der Waals surface area contributed by atoms with Gasteiger partial charge in [0, 0.05) is 61.9 Å². The van der Waals surface area contributed by atoms with E-state index >= 15 is 0 Å². The molecule has 1 aliphatic heterocycles. The lowest BCUT2D eigenvalue weighted by molar-refractivity contribution is 0.485. The van der Waals surface area contributed by atoms with E-state index in [-0.39, 0.29) is 0 Å². The number of rotatable bonds is 7. The molecule has 194 valence electrons. The predicted molar refractivity (Wildman–Crippen MR) is 150 cm³/mol. The number of benzene rings is 2. The van der Waals surface area contributed by atoms with E-state index in [1.165, 1.54) is 16.2 Å². The maximum atomic E-state index is 12.2. The minimum Gasteiger partial charge on any atom is -0.369 e. The number of hydrogen-bond donors (Lipinski definition) is 2. The van der Waals surface area contributed by atoms with Crippen LogP contribution in [0.2, 0.25) is 0 Å². The molecule has 0 aliphatic carbocycles. The zero-order valence-electron chi connectivity index (χ0n) is 21.6. The first-order valence-corrected chi connectivity index (χ1v) is 14.2. The lowest BCUT2D eigenvalue weighted by Crippen LogP contribution is -2.49. The number of anilines is 4. The fourth-order valence-corrected chi connectivity index (χ4v) is 5.26. The highest BCUT2D eigenvalue weighted by atomic mass is 32.2. The van der Waals surface area contributed by atoms with Gasteiger partial charge in [0.15, 0.2) is 0 Å². The maximum absolute atomic E-state index is 12.2. The Morgan fingerprint density at radius 3 is 2.68 bits per heavy atom. The van der Waals surface area contributed by atoms with E-state index in [4.69, 9.17) is 4.98 Å². The van der Waals surface area contributed by atoms with Gasteiger partial charge in [0.1, 0.15) is 5.65 Å². The average Bonchev–Trinajstić information content (AvgIpc) is 3.25. The van der Waals surface area contributed by atoms with Crippen LogP contribution in [0.25, 0.3) is 11.0 Å². The molecule has 2 N–H and O–H groups in total. The Kier molecular flexibility index (Phi) is 6.78. The summed E-state index contributed by atoms with van der Waals surface area (Å²) in [6.45, 7) is 7.66. The molecule has 0 amide bonds. The summed E-state index contributed by atoms with van der Waals surface area (Å²) >= 11 is 0. The Labute approximate surface area is 218 Å². The number of aromatic nitrogens is 3. The summed E-state index contributed by atoms with van der Waals surface area (Å²) in [5, 5.41) is 7.71. The Bertz CT molecular complexity index is 1520. The highest BCUT2D eigenvalue weighted by Gasteiger charge is 2.18. The predicted octanol–water partition coefficient (Wildman–Crippen LogP) is 3.73. The highest BCUT2D eigenvalue weighted by molar-refractivity contribution is 7.92. The summed E-state index contributed by atoms with van der Waals surface area (Å²) in [4.78, 5) is 11.7. The number of aryl methyl sites for hydroxylation is 1. The number of nitrogens with zero attached hydrogens (tertiary/aromatic N) is 5. The van der Waals surface area contributed by atoms with Crippen LogP contribution < -0.4 is 19.8 Å². The lowest BCUT2D eigenvalue weighted by Gasteiger charge is -2.33. The van der Waals surface area contributed by atoms with Gasteiger partial charge in [-0.15, -0.1) is 0 Å². The number of hydrogen-bond acceptors (Lipinski definition) is 7. The molecule has 0 radical (unpaired) electrons. The van der Waals surface area contributed by atoms with Crippen LogP contribution in [0.4, 0.5) is 23.0 Å². The molecular formula is C27H33N7O2S. The van der Waals surface area contributed by atoms with E-state index in [2.05, 4.69) is 51.7 Å². The molecular weight excluding hydrogens is 486 g/mol. The van der Waals surface area contributed by atoms with Crippen molar-refractivity contribution in [1.82, 2.24) is 19.9 Å². The van der Waals surface area contributed by atoms with Crippen LogP contribution >= 0.6 is 0 Å². The molecule has 37 heavy (non-hydrogen) atoms. The maximum Gasteiger partial charge on any atom is 0.232 e. The van der Waals surface area contributed by atoms with Crippen LogP contribution in [0.3, 0.4) is 0 Å². The van der Waals surface area contributed by atoms with Gasteiger partial charge in [0.05, 0.1) is 18.5 Å². The monoisotopic (exact) mass is 519 g/mol. The van der Waals surface area contributed by atoms with Crippen molar-refractivity contribution in [2.45, 2.75) is 26.4 Å². The van der Waals surface area contributed by atoms with Crippen molar-refractivity contribution >= 4 is 44.1 Å². The van der Waals surface area contributed by atoms with Gasteiger partial charge in [-0.25, -0.2) is 13.4 Å². The highest BCUT2D eigenvalue weighted by Crippen LogP contribution is 2.26. The molecule has 0 unspecified atom stereocenters. The number of sulfonamides is 1. The third-order valence-corrected chi connectivity index (χ3v) is 7.96. The van der Waals surface area contributed by atoms with Gasteiger partial charge >= 0.3 is 0 Å². The number of nitrogens with one attached hydrogen (secondary N) is 2. The first-order chi connectivity index (χ1) is 17.7. The van der Waals surface area contributed by atoms with Crippen LogP contribution in [-0.2, 0) is 16.6 Å². The van der Waals surface area contributed by atoms with Gasteiger partial charge in [0.2, 0.25) is 16.0 Å². The third kappa shape index (κ3) is 5.55. The second-order valence-corrected chi connectivity index (χ2v) is 11.8. The summed E-state index contributed by atoms with van der Waals surface area (Å²) in [6.07, 6.45) is 4.97. The molecule has 0 spiro atoms. The largest absolute Gasteiger partial charge is 0.369 e. The molecule has 10 heteroatoms. The van der Waals surface area contributed by atoms with Crippen molar-refractivity contribution in [2.75, 3.05) is 47.5 Å². The van der Waals surface area contributed by atoms with Crippen LogP contribution in [0, 0.1) is 6.92 Å². The topological polar surface area (TPSA) is 95.4 Å². The third-order valence-electron chi connectivity index (χ3n) is 6.77. The van der Waals surface area contributed by atoms with E-state index in [9.17, 15) is 8.42 Å². The second kappa shape index (κ2) is 10.0. The summed E-state index contributed by atoms with van der Waals surface area (Å²) in [5.41, 5.74) is 5.51. The summed E-state index contributed by atoms with van der Waals surface area (Å²) in [5.74, 6) is 0.508. The average molecular weight is 520 g/mol. The first-order valence-electron chi connectivity index (χ1n) is 12.4. The summed E-state index contributed by atoms with van der Waals surface area (Å²) < 4.78 is 27.8. The molecule has 1 atom stereocenters. The van der Waals surface area contributed by atoms with Crippen LogP contribution in [0.15, 0.2) is 60.9 Å². The smallest absolute Gasteiger partial charge is 0.232 e. The van der Waals surface area contributed by atoms with Crippen molar-refractivity contribution in [3.8, 4) is 0 Å². The molecule has 1 saturated heterocycles. The minimum absolute atomic E-state index is 0.477. The lowest BCUT2D eigenvalue weighted by atomic mass is 10.1. The zero-order chi connectivity index (χ0) is 26.2. The van der Waals surface area contributed by atoms with E-state index in [0.29, 0.717) is 24.2 Å². The van der Waals surface area contributed by atoms with E-state index < -0.39 is 10.0 Å². The van der Waals surface area contributed by atoms with Crippen LogP contribution in [-0.4, -0.2) is 61.9 Å². The van der Waals surface area contributed by atoms with Gasteiger partial charge in [-0.2, -0.15) is 4.98 Å². The quantitative estimate of drug-likeness (QED) is 0.384. The van der Waals surface area contributed by atoms with Crippen molar-refractivity contribution in [3.05, 3.63) is 72.1 Å². The van der Waals surface area contributed by atoms with Crippen molar-refractivity contribution < 1.29 is 8.42 Å². The molecule has 0 saturated carbocycles. The summed E-state index contributed by atoms with van der Waals surface area (Å²) in [7, 11) is -1.81. The standard InChI is InChI=1S/C27H33N7O2S/c1-19-5-10-25(32(3)37(4,35)36)22(15-19)18-34-13-11-21-16-29-27(31-26(21)34)30-23-6-8-24(9-7-23)33-14-12-28-20(2)17-33/h5-11,13,15-16,20,28H,12,14,17-18H2,1-4H3,(H,29,30,31)/t20-/m0/s1. The van der Waals surface area contributed by atoms with E-state index in [0.717, 1.165) is 47.5 Å². The van der Waals surface area contributed by atoms with Crippen LogP contribution in [0.1, 0.15) is 18.1 Å². The van der Waals surface area contributed by atoms with Gasteiger partial charge < -0.3 is 20.1 Å². The van der Waals surface area contributed by atoms with Gasteiger partial charge in [-0.1, -0.05) is 17.7 Å². The number of fused-ring (bicyclic) bond motifs is 1. The molecule has 3 heterocycles. The van der Waals surface area contributed by atoms with Crippen molar-refractivity contribution in [2.24, 2.45) is 0 Å². The van der Waals surface area contributed by atoms with E-state index in [1.54, 1.807) is 13.2 Å². The first kappa shape index (κ1) is 25.0. The Hall–Kier alpha value is -3.63. The Morgan fingerprint density at radius 1 is 1.16 bits per heavy atom. The molecule has 9 nitrogen and oxygen atoms in total. The second-order valence-electron chi connectivity index (χ2n) is 9.75. The number of piperazine rings is 1. The van der Waals surface area contributed by atoms with E-state index in [1.807, 2.05) is 42.0 Å². The normalized spacial score (nSPS) is 16.2. The van der Waals surface area contributed by atoms with Gasteiger partial charge in [-0.05, 0) is 55.8 Å². The zero-order valence-corrected chi connectivity index (χ0v) is 22.5. The molecule has 1 aliphatic rings.